The Morgan fingerprint density at radius 3 is 2.22 bits per heavy atom. The molecule has 0 aliphatic carbocycles. The van der Waals surface area contributed by atoms with Crippen LogP contribution in [0, 0.1) is 5.41 Å². The van der Waals surface area contributed by atoms with Crippen molar-refractivity contribution in [3.8, 4) is 11.5 Å². The molecule has 2 aromatic carbocycles. The molecule has 2 aromatic rings. The van der Waals surface area contributed by atoms with Crippen LogP contribution in [0.4, 0.5) is 0 Å². The quantitative estimate of drug-likeness (QED) is 0.418. The molecule has 0 saturated heterocycles. The molecule has 0 aromatic heterocycles. The molecule has 0 heterocycles. The zero-order chi connectivity index (χ0) is 24.3. The maximum atomic E-state index is 12.8. The molecule has 0 bridgehead atoms. The molecular weight excluding hydrogens is 473 g/mol. The predicted octanol–water partition coefficient (Wildman–Crippen LogP) is 5.94. The van der Waals surface area contributed by atoms with E-state index in [0.29, 0.717) is 18.5 Å². The first kappa shape index (κ1) is 26.3. The van der Waals surface area contributed by atoms with E-state index in [9.17, 15) is 13.2 Å². The third-order valence-electron chi connectivity index (χ3n) is 4.59. The Balaban J connectivity index is 2.35. The monoisotopic (exact) mass is 501 g/mol. The van der Waals surface area contributed by atoms with Gasteiger partial charge in [-0.05, 0) is 55.2 Å². The van der Waals surface area contributed by atoms with Gasteiger partial charge in [0.1, 0.15) is 4.90 Å². The first-order valence-corrected chi connectivity index (χ1v) is 12.3. The summed E-state index contributed by atoms with van der Waals surface area (Å²) in [5.74, 6) is 0.284. The van der Waals surface area contributed by atoms with Gasteiger partial charge in [-0.2, -0.15) is 8.42 Å². The number of ether oxygens (including phenoxy) is 1. The molecule has 9 heteroatoms. The molecule has 0 aliphatic heterocycles. The summed E-state index contributed by atoms with van der Waals surface area (Å²) in [6, 6.07) is 8.84. The van der Waals surface area contributed by atoms with Gasteiger partial charge in [-0.3, -0.25) is 4.79 Å². The van der Waals surface area contributed by atoms with Crippen molar-refractivity contribution >= 4 is 39.2 Å². The molecule has 1 amide bonds. The van der Waals surface area contributed by atoms with Crippen molar-refractivity contribution in [2.75, 3.05) is 7.11 Å². The molecule has 176 valence electrons. The minimum absolute atomic E-state index is 0.0167. The standard InChI is InChI=1S/C23H29Cl2NO5S/c1-15(2)26(22(27)13-23(3,4)5)14-16-7-10-20(30-6)21(11-16)31-32(28,29)17-8-9-18(24)19(25)12-17/h7-12,15H,13-14H2,1-6H3. The third kappa shape index (κ3) is 7.02. The first-order chi connectivity index (χ1) is 14.7. The van der Waals surface area contributed by atoms with Crippen molar-refractivity contribution in [1.82, 2.24) is 4.90 Å². The van der Waals surface area contributed by atoms with Crippen molar-refractivity contribution in [3.05, 3.63) is 52.0 Å². The van der Waals surface area contributed by atoms with Gasteiger partial charge in [0, 0.05) is 19.0 Å². The molecule has 0 unspecified atom stereocenters. The van der Waals surface area contributed by atoms with E-state index in [1.54, 1.807) is 23.1 Å². The van der Waals surface area contributed by atoms with Gasteiger partial charge >= 0.3 is 10.1 Å². The van der Waals surface area contributed by atoms with Crippen molar-refractivity contribution in [2.45, 2.75) is 58.5 Å². The van der Waals surface area contributed by atoms with Crippen LogP contribution in [0.15, 0.2) is 41.3 Å². The van der Waals surface area contributed by atoms with Crippen LogP contribution in [-0.2, 0) is 21.5 Å². The van der Waals surface area contributed by atoms with Crippen molar-refractivity contribution in [2.24, 2.45) is 5.41 Å². The van der Waals surface area contributed by atoms with E-state index >= 15 is 0 Å². The number of carbonyl (C=O) groups is 1. The van der Waals surface area contributed by atoms with Crippen LogP contribution < -0.4 is 8.92 Å². The second-order valence-electron chi connectivity index (χ2n) is 8.95. The number of hydrogen-bond acceptors (Lipinski definition) is 5. The van der Waals surface area contributed by atoms with E-state index in [4.69, 9.17) is 32.1 Å². The largest absolute Gasteiger partial charge is 0.493 e. The van der Waals surface area contributed by atoms with E-state index in [2.05, 4.69) is 0 Å². The number of hydrogen-bond donors (Lipinski definition) is 0. The second-order valence-corrected chi connectivity index (χ2v) is 11.3. The third-order valence-corrected chi connectivity index (χ3v) is 6.55. The van der Waals surface area contributed by atoms with E-state index in [-0.39, 0.29) is 43.8 Å². The molecule has 2 rings (SSSR count). The molecule has 0 N–H and O–H groups in total. The van der Waals surface area contributed by atoms with Gasteiger partial charge < -0.3 is 13.8 Å². The lowest BCUT2D eigenvalue weighted by Crippen LogP contribution is -2.38. The Labute approximate surface area is 200 Å². The van der Waals surface area contributed by atoms with E-state index in [1.165, 1.54) is 25.3 Å². The smallest absolute Gasteiger partial charge is 0.339 e. The highest BCUT2D eigenvalue weighted by molar-refractivity contribution is 7.87. The molecule has 0 aliphatic rings. The minimum Gasteiger partial charge on any atom is -0.493 e. The lowest BCUT2D eigenvalue weighted by molar-refractivity contribution is -0.135. The second kappa shape index (κ2) is 10.3. The summed E-state index contributed by atoms with van der Waals surface area (Å²) in [6.07, 6.45) is 0.399. The normalized spacial score (nSPS) is 12.0. The summed E-state index contributed by atoms with van der Waals surface area (Å²) >= 11 is 11.8. The molecular formula is C23H29Cl2NO5S. The van der Waals surface area contributed by atoms with Crippen LogP contribution in [0.25, 0.3) is 0 Å². The van der Waals surface area contributed by atoms with E-state index in [0.717, 1.165) is 0 Å². The highest BCUT2D eigenvalue weighted by atomic mass is 35.5. The lowest BCUT2D eigenvalue weighted by Gasteiger charge is -2.30. The number of benzene rings is 2. The number of rotatable bonds is 8. The number of methoxy groups -OCH3 is 1. The average Bonchev–Trinajstić information content (AvgIpc) is 2.66. The molecule has 0 radical (unpaired) electrons. The van der Waals surface area contributed by atoms with Gasteiger partial charge in [-0.25, -0.2) is 0 Å². The Morgan fingerprint density at radius 1 is 1.03 bits per heavy atom. The van der Waals surface area contributed by atoms with Gasteiger partial charge in [0.25, 0.3) is 0 Å². The lowest BCUT2D eigenvalue weighted by atomic mass is 9.91. The van der Waals surface area contributed by atoms with Crippen LogP contribution in [-0.4, -0.2) is 32.4 Å². The van der Waals surface area contributed by atoms with Crippen LogP contribution >= 0.6 is 23.2 Å². The molecule has 0 spiro atoms. The first-order valence-electron chi connectivity index (χ1n) is 10.1. The van der Waals surface area contributed by atoms with Crippen LogP contribution in [0.2, 0.25) is 10.0 Å². The topological polar surface area (TPSA) is 72.9 Å². The van der Waals surface area contributed by atoms with Crippen LogP contribution in [0.1, 0.15) is 46.6 Å². The highest BCUT2D eigenvalue weighted by Gasteiger charge is 2.25. The maximum Gasteiger partial charge on any atom is 0.339 e. The summed E-state index contributed by atoms with van der Waals surface area (Å²) < 4.78 is 36.2. The van der Waals surface area contributed by atoms with Gasteiger partial charge in [0.15, 0.2) is 11.5 Å². The average molecular weight is 502 g/mol. The zero-order valence-electron chi connectivity index (χ0n) is 19.1. The van der Waals surface area contributed by atoms with Crippen molar-refractivity contribution in [3.63, 3.8) is 0 Å². The summed E-state index contributed by atoms with van der Waals surface area (Å²) in [5.41, 5.74) is 0.563. The predicted molar refractivity (Wildman–Crippen MR) is 127 cm³/mol. The van der Waals surface area contributed by atoms with Crippen LogP contribution in [0.5, 0.6) is 11.5 Å². The number of amides is 1. The van der Waals surface area contributed by atoms with E-state index < -0.39 is 10.1 Å². The molecule has 0 fully saturated rings. The summed E-state index contributed by atoms with van der Waals surface area (Å²) in [6.45, 7) is 10.2. The van der Waals surface area contributed by atoms with E-state index in [1.807, 2.05) is 34.6 Å². The van der Waals surface area contributed by atoms with Gasteiger partial charge in [0.2, 0.25) is 5.91 Å². The van der Waals surface area contributed by atoms with Gasteiger partial charge in [-0.1, -0.05) is 50.0 Å². The number of halogens is 2. The van der Waals surface area contributed by atoms with Gasteiger partial charge in [-0.15, -0.1) is 0 Å². The summed E-state index contributed by atoms with van der Waals surface area (Å²) in [5, 5.41) is 0.334. The Kier molecular flexibility index (Phi) is 8.48. The highest BCUT2D eigenvalue weighted by Crippen LogP contribution is 2.33. The SMILES string of the molecule is COc1ccc(CN(C(=O)CC(C)(C)C)C(C)C)cc1OS(=O)(=O)c1ccc(Cl)c(Cl)c1. The fourth-order valence-electron chi connectivity index (χ4n) is 2.99. The number of carbonyl (C=O) groups excluding carboxylic acids is 1. The molecule has 0 atom stereocenters. The Bertz CT molecular complexity index is 1080. The molecule has 6 nitrogen and oxygen atoms in total. The Hall–Kier alpha value is -1.96. The molecule has 0 saturated carbocycles. The fraction of sp³-hybridized carbons (Fsp3) is 0.435. The van der Waals surface area contributed by atoms with Crippen LogP contribution in [0.3, 0.4) is 0 Å². The zero-order valence-corrected chi connectivity index (χ0v) is 21.4. The Morgan fingerprint density at radius 2 is 1.69 bits per heavy atom. The maximum absolute atomic E-state index is 12.8. The summed E-state index contributed by atoms with van der Waals surface area (Å²) in [7, 11) is -2.77. The van der Waals surface area contributed by atoms with Crippen molar-refractivity contribution < 1.29 is 22.1 Å². The summed E-state index contributed by atoms with van der Waals surface area (Å²) in [4.78, 5) is 14.5. The minimum atomic E-state index is -4.19. The van der Waals surface area contributed by atoms with Crippen molar-refractivity contribution in [1.29, 1.82) is 0 Å². The number of nitrogens with zero attached hydrogens (tertiary/aromatic N) is 1. The van der Waals surface area contributed by atoms with Gasteiger partial charge in [0.05, 0.1) is 17.2 Å². The molecule has 32 heavy (non-hydrogen) atoms. The fourth-order valence-corrected chi connectivity index (χ4v) is 4.32.